The van der Waals surface area contributed by atoms with Crippen LogP contribution >= 0.6 is 11.8 Å². The molecule has 0 unspecified atom stereocenters. The molecule has 78 valence electrons. The van der Waals surface area contributed by atoms with E-state index in [0.29, 0.717) is 0 Å². The fraction of sp³-hybridized carbons (Fsp3) is 0.182. The molecule has 2 aromatic rings. The number of hydrogen-bond donors (Lipinski definition) is 1. The monoisotopic (exact) mass is 220 g/mol. The second kappa shape index (κ2) is 3.98. The number of aliphatic carboxylic acids is 1. The summed E-state index contributed by atoms with van der Waals surface area (Å²) in [5, 5.41) is 11.5. The molecule has 15 heavy (non-hydrogen) atoms. The minimum Gasteiger partial charge on any atom is -0.549 e. The topological polar surface area (TPSA) is 55.9 Å². The summed E-state index contributed by atoms with van der Waals surface area (Å²) in [6.07, 6.45) is 0. The maximum atomic E-state index is 10.4. The van der Waals surface area contributed by atoms with Gasteiger partial charge in [-0.05, 0) is 13.0 Å². The summed E-state index contributed by atoms with van der Waals surface area (Å²) in [4.78, 5) is 14.6. The molecular weight excluding hydrogens is 210 g/mol. The van der Waals surface area contributed by atoms with Crippen molar-refractivity contribution in [1.29, 1.82) is 0 Å². The smallest absolute Gasteiger partial charge is 0.0517 e. The molecule has 1 aromatic heterocycles. The summed E-state index contributed by atoms with van der Waals surface area (Å²) in [6, 6.07) is 7.85. The molecule has 1 N–H and O–H groups in total. The summed E-state index contributed by atoms with van der Waals surface area (Å²) < 4.78 is 0. The van der Waals surface area contributed by atoms with Crippen molar-refractivity contribution < 1.29 is 9.90 Å². The van der Waals surface area contributed by atoms with Gasteiger partial charge >= 0.3 is 0 Å². The van der Waals surface area contributed by atoms with Gasteiger partial charge in [0.25, 0.3) is 0 Å². The average Bonchev–Trinajstić information content (AvgIpc) is 2.50. The number of thioether (sulfide) groups is 1. The van der Waals surface area contributed by atoms with Crippen LogP contribution in [0.2, 0.25) is 0 Å². The minimum atomic E-state index is -1.04. The molecule has 3 nitrogen and oxygen atoms in total. The third kappa shape index (κ3) is 1.99. The zero-order valence-corrected chi connectivity index (χ0v) is 9.06. The Morgan fingerprint density at radius 2 is 2.20 bits per heavy atom. The fourth-order valence-electron chi connectivity index (χ4n) is 1.57. The molecule has 1 heterocycles. The second-order valence-electron chi connectivity index (χ2n) is 3.29. The number of para-hydroxylation sites is 1. The Balaban J connectivity index is 2.40. The highest BCUT2D eigenvalue weighted by Gasteiger charge is 2.07. The standard InChI is InChI=1S/C11H11NO2S/c1-7-11(15-6-10(13)14)8-4-2-3-5-9(8)12-7/h2-5,12H,6H2,1H3,(H,13,14)/p-1. The predicted molar refractivity (Wildman–Crippen MR) is 58.8 cm³/mol. The zero-order chi connectivity index (χ0) is 10.8. The van der Waals surface area contributed by atoms with Crippen LogP contribution in [0.1, 0.15) is 5.69 Å². The van der Waals surface area contributed by atoms with Crippen LogP contribution in [0.25, 0.3) is 10.9 Å². The van der Waals surface area contributed by atoms with Gasteiger partial charge in [-0.2, -0.15) is 0 Å². The maximum absolute atomic E-state index is 10.4. The number of rotatable bonds is 3. The number of aromatic nitrogens is 1. The van der Waals surface area contributed by atoms with E-state index in [1.165, 1.54) is 11.8 Å². The van der Waals surface area contributed by atoms with E-state index in [2.05, 4.69) is 4.98 Å². The Kier molecular flexibility index (Phi) is 2.68. The van der Waals surface area contributed by atoms with Gasteiger partial charge in [-0.15, -0.1) is 11.8 Å². The first-order chi connectivity index (χ1) is 7.18. The lowest BCUT2D eigenvalue weighted by molar-refractivity contribution is -0.301. The van der Waals surface area contributed by atoms with Crippen LogP contribution in [0.5, 0.6) is 0 Å². The summed E-state index contributed by atoms with van der Waals surface area (Å²) in [5.41, 5.74) is 2.04. The van der Waals surface area contributed by atoms with Gasteiger partial charge in [0.1, 0.15) is 0 Å². The third-order valence-electron chi connectivity index (χ3n) is 2.17. The van der Waals surface area contributed by atoms with E-state index in [4.69, 9.17) is 0 Å². The fourth-order valence-corrected chi connectivity index (χ4v) is 2.43. The number of carbonyl (C=O) groups excluding carboxylic acids is 1. The van der Waals surface area contributed by atoms with Crippen molar-refractivity contribution >= 4 is 28.6 Å². The van der Waals surface area contributed by atoms with Gasteiger partial charge in [0.15, 0.2) is 0 Å². The van der Waals surface area contributed by atoms with Crippen molar-refractivity contribution in [2.75, 3.05) is 5.75 Å². The van der Waals surface area contributed by atoms with Gasteiger partial charge < -0.3 is 14.9 Å². The van der Waals surface area contributed by atoms with Crippen LogP contribution < -0.4 is 5.11 Å². The molecule has 0 spiro atoms. The van der Waals surface area contributed by atoms with Crippen LogP contribution in [-0.2, 0) is 4.79 Å². The van der Waals surface area contributed by atoms with E-state index < -0.39 is 5.97 Å². The second-order valence-corrected chi connectivity index (χ2v) is 4.27. The zero-order valence-electron chi connectivity index (χ0n) is 8.24. The number of carboxylic acids is 1. The van der Waals surface area contributed by atoms with Crippen molar-refractivity contribution in [2.45, 2.75) is 11.8 Å². The average molecular weight is 220 g/mol. The molecule has 4 heteroatoms. The molecule has 0 atom stereocenters. The van der Waals surface area contributed by atoms with Gasteiger partial charge in [0, 0.05) is 27.2 Å². The van der Waals surface area contributed by atoms with Crippen LogP contribution in [0.4, 0.5) is 0 Å². The number of fused-ring (bicyclic) bond motifs is 1. The molecule has 1 aromatic carbocycles. The Morgan fingerprint density at radius 1 is 1.47 bits per heavy atom. The number of benzene rings is 1. The van der Waals surface area contributed by atoms with E-state index in [1.54, 1.807) is 0 Å². The number of carbonyl (C=O) groups is 1. The predicted octanol–water partition coefficient (Wildman–Crippen LogP) is 1.32. The van der Waals surface area contributed by atoms with E-state index in [9.17, 15) is 9.90 Å². The van der Waals surface area contributed by atoms with Gasteiger partial charge in [-0.25, -0.2) is 0 Å². The quantitative estimate of drug-likeness (QED) is 0.794. The van der Waals surface area contributed by atoms with Crippen LogP contribution in [0.15, 0.2) is 29.2 Å². The van der Waals surface area contributed by atoms with Crippen LogP contribution in [-0.4, -0.2) is 16.7 Å². The molecular formula is C11H10NO2S-. The Hall–Kier alpha value is -1.42. The highest BCUT2D eigenvalue weighted by Crippen LogP contribution is 2.30. The van der Waals surface area contributed by atoms with Crippen molar-refractivity contribution in [2.24, 2.45) is 0 Å². The first-order valence-corrected chi connectivity index (χ1v) is 5.57. The molecule has 2 rings (SSSR count). The minimum absolute atomic E-state index is 0.0112. The molecule has 0 aliphatic heterocycles. The normalized spacial score (nSPS) is 10.7. The Morgan fingerprint density at radius 3 is 2.93 bits per heavy atom. The van der Waals surface area contributed by atoms with Crippen LogP contribution in [0.3, 0.4) is 0 Å². The van der Waals surface area contributed by atoms with E-state index >= 15 is 0 Å². The summed E-state index contributed by atoms with van der Waals surface area (Å²) >= 11 is 1.30. The molecule has 0 aliphatic carbocycles. The van der Waals surface area contributed by atoms with Crippen molar-refractivity contribution in [3.63, 3.8) is 0 Å². The molecule has 0 amide bonds. The highest BCUT2D eigenvalue weighted by molar-refractivity contribution is 8.00. The number of hydrogen-bond acceptors (Lipinski definition) is 3. The summed E-state index contributed by atoms with van der Waals surface area (Å²) in [6.45, 7) is 1.94. The van der Waals surface area contributed by atoms with Gasteiger partial charge in [-0.1, -0.05) is 18.2 Å². The maximum Gasteiger partial charge on any atom is 0.0517 e. The lowest BCUT2D eigenvalue weighted by Crippen LogP contribution is -2.24. The third-order valence-corrected chi connectivity index (χ3v) is 3.36. The Labute approximate surface area is 91.5 Å². The molecule has 0 fully saturated rings. The van der Waals surface area contributed by atoms with Gasteiger partial charge in [0.2, 0.25) is 0 Å². The summed E-state index contributed by atoms with van der Waals surface area (Å²) in [5.74, 6) is -1.05. The van der Waals surface area contributed by atoms with E-state index in [-0.39, 0.29) is 5.75 Å². The number of nitrogens with one attached hydrogen (secondary N) is 1. The number of aromatic amines is 1. The first-order valence-electron chi connectivity index (χ1n) is 4.58. The first kappa shape index (κ1) is 10.1. The molecule has 0 bridgehead atoms. The molecule has 0 aliphatic rings. The van der Waals surface area contributed by atoms with Crippen molar-refractivity contribution in [3.8, 4) is 0 Å². The van der Waals surface area contributed by atoms with Crippen molar-refractivity contribution in [3.05, 3.63) is 30.0 Å². The van der Waals surface area contributed by atoms with E-state index in [0.717, 1.165) is 21.5 Å². The van der Waals surface area contributed by atoms with Crippen LogP contribution in [0, 0.1) is 6.92 Å². The lowest BCUT2D eigenvalue weighted by atomic mass is 10.2. The largest absolute Gasteiger partial charge is 0.549 e. The summed E-state index contributed by atoms with van der Waals surface area (Å²) in [7, 11) is 0. The number of aryl methyl sites for hydroxylation is 1. The van der Waals surface area contributed by atoms with Crippen molar-refractivity contribution in [1.82, 2.24) is 4.98 Å². The van der Waals surface area contributed by atoms with Gasteiger partial charge in [0.05, 0.1) is 5.97 Å². The Bertz CT molecular complexity index is 504. The van der Waals surface area contributed by atoms with Gasteiger partial charge in [-0.3, -0.25) is 0 Å². The highest BCUT2D eigenvalue weighted by atomic mass is 32.2. The lowest BCUT2D eigenvalue weighted by Gasteiger charge is -2.02. The molecule has 0 radical (unpaired) electrons. The molecule has 0 saturated heterocycles. The SMILES string of the molecule is Cc1[nH]c2ccccc2c1SCC(=O)[O-]. The molecule has 0 saturated carbocycles. The van der Waals surface area contributed by atoms with E-state index in [1.807, 2.05) is 31.2 Å². The number of carboxylic acid groups (broad SMARTS) is 1. The number of H-pyrrole nitrogens is 1.